The number of aromatic nitrogens is 5. The molecule has 1 saturated carbocycles. The first-order chi connectivity index (χ1) is 17.2. The number of allylic oxidation sites excluding steroid dienone is 1. The van der Waals surface area contributed by atoms with E-state index < -0.39 is 0 Å². The van der Waals surface area contributed by atoms with Crippen molar-refractivity contribution >= 4 is 45.6 Å². The standard InChI is InChI=1S/C27H21BN6S/c1-15(16-2-3-16)31-20-8-19(10-29-11-20)17-4-5-23-21(9-17)26(34-33-23)27-28-25-22(18-6-7-35-14-18)12-30-13-24(25)32-27/h4-14,16,31-32H,1-3H2,(H,33,34). The van der Waals surface area contributed by atoms with Gasteiger partial charge in [0.15, 0.2) is 0 Å². The van der Waals surface area contributed by atoms with E-state index in [2.05, 4.69) is 85.0 Å². The molecule has 0 spiro atoms. The Labute approximate surface area is 206 Å². The number of rotatable bonds is 6. The Kier molecular flexibility index (Phi) is 4.67. The van der Waals surface area contributed by atoms with E-state index in [1.54, 1.807) is 11.3 Å². The van der Waals surface area contributed by atoms with Gasteiger partial charge in [0.05, 0.1) is 0 Å². The Morgan fingerprint density at radius 3 is 2.77 bits per heavy atom. The summed E-state index contributed by atoms with van der Waals surface area (Å²) in [5.74, 6) is 0.593. The maximum absolute atomic E-state index is 4.66. The van der Waals surface area contributed by atoms with Crippen molar-refractivity contribution in [1.29, 1.82) is 0 Å². The Morgan fingerprint density at radius 2 is 1.91 bits per heavy atom. The van der Waals surface area contributed by atoms with Crippen molar-refractivity contribution in [2.75, 3.05) is 5.32 Å². The van der Waals surface area contributed by atoms with Gasteiger partial charge in [0.1, 0.15) is 0 Å². The molecule has 6 nitrogen and oxygen atoms in total. The topological polar surface area (TPSA) is 82.3 Å². The third kappa shape index (κ3) is 3.66. The Bertz CT molecular complexity index is 1710. The number of fused-ring (bicyclic) bond motifs is 2. The van der Waals surface area contributed by atoms with Crippen molar-refractivity contribution in [3.05, 3.63) is 78.2 Å². The zero-order valence-electron chi connectivity index (χ0n) is 18.9. The number of hydrogen-bond donors (Lipinski definition) is 3. The fourth-order valence-electron chi connectivity index (χ4n) is 4.61. The number of aromatic amines is 2. The Morgan fingerprint density at radius 1 is 1.00 bits per heavy atom. The first-order valence-corrected chi connectivity index (χ1v) is 12.6. The quantitative estimate of drug-likeness (QED) is 0.256. The van der Waals surface area contributed by atoms with Crippen molar-refractivity contribution in [3.8, 4) is 33.5 Å². The van der Waals surface area contributed by atoms with Gasteiger partial charge >= 0.3 is 207 Å². The number of hydrogen-bond acceptors (Lipinski definition) is 5. The minimum absolute atomic E-state index is 0.593. The summed E-state index contributed by atoms with van der Waals surface area (Å²) < 4.78 is 0. The third-order valence-electron chi connectivity index (χ3n) is 6.64. The van der Waals surface area contributed by atoms with E-state index in [1.807, 2.05) is 24.8 Å². The molecule has 3 N–H and O–H groups in total. The molecule has 7 rings (SSSR count). The summed E-state index contributed by atoms with van der Waals surface area (Å²) in [4.78, 5) is 12.4. The monoisotopic (exact) mass is 472 g/mol. The molecule has 8 heteroatoms. The summed E-state index contributed by atoms with van der Waals surface area (Å²) >= 11 is 1.69. The van der Waals surface area contributed by atoms with Crippen molar-refractivity contribution in [3.63, 3.8) is 0 Å². The summed E-state index contributed by atoms with van der Waals surface area (Å²) in [7, 11) is 0. The second-order valence-electron chi connectivity index (χ2n) is 9.06. The van der Waals surface area contributed by atoms with Crippen LogP contribution < -0.4 is 5.32 Å². The van der Waals surface area contributed by atoms with E-state index in [-0.39, 0.29) is 0 Å². The van der Waals surface area contributed by atoms with Gasteiger partial charge in [0, 0.05) is 0 Å². The molecule has 5 aromatic heterocycles. The summed E-state index contributed by atoms with van der Waals surface area (Å²) in [6, 6.07) is 10.6. The van der Waals surface area contributed by atoms with Gasteiger partial charge in [-0.25, -0.2) is 0 Å². The molecule has 1 fully saturated rings. The molecule has 6 aromatic rings. The Balaban J connectivity index is 1.29. The fourth-order valence-corrected chi connectivity index (χ4v) is 5.27. The van der Waals surface area contributed by atoms with Crippen LogP contribution >= 0.6 is 11.3 Å². The summed E-state index contributed by atoms with van der Waals surface area (Å²) in [5.41, 5.74) is 10.3. The van der Waals surface area contributed by atoms with Crippen molar-refractivity contribution in [1.82, 2.24) is 25.1 Å². The van der Waals surface area contributed by atoms with Crippen molar-refractivity contribution in [2.45, 2.75) is 12.8 Å². The van der Waals surface area contributed by atoms with Crippen molar-refractivity contribution < 1.29 is 0 Å². The molecule has 0 bridgehead atoms. The van der Waals surface area contributed by atoms with E-state index >= 15 is 0 Å². The summed E-state index contributed by atoms with van der Waals surface area (Å²) in [5, 5.41) is 17.7. The van der Waals surface area contributed by atoms with Crippen LogP contribution in [0.25, 0.3) is 55.2 Å². The molecule has 0 aliphatic heterocycles. The maximum atomic E-state index is 4.66. The number of nitrogens with zero attached hydrogens (tertiary/aromatic N) is 3. The second-order valence-corrected chi connectivity index (χ2v) is 9.84. The third-order valence-corrected chi connectivity index (χ3v) is 7.33. The zero-order chi connectivity index (χ0) is 23.4. The fraction of sp³-hybridized carbons (Fsp3) is 0.111. The first-order valence-electron chi connectivity index (χ1n) is 11.6. The van der Waals surface area contributed by atoms with Crippen LogP contribution in [0.4, 0.5) is 5.69 Å². The van der Waals surface area contributed by atoms with Crippen LogP contribution in [0.5, 0.6) is 0 Å². The SMILES string of the molecule is C=C(Nc1cncc(-c2ccc3[nH]nc(-c4bc5c(-c6ccsc6)cncc5[nH]4)c3c2)c1)C1CC1. The molecule has 0 radical (unpaired) electrons. The van der Waals surface area contributed by atoms with Crippen LogP contribution in [0.15, 0.2) is 78.2 Å². The second kappa shape index (κ2) is 8.03. The molecule has 0 atom stereocenters. The average Bonchev–Trinajstić information content (AvgIpc) is 3.26. The van der Waals surface area contributed by atoms with E-state index in [4.69, 9.17) is 0 Å². The van der Waals surface area contributed by atoms with Gasteiger partial charge in [-0.2, -0.15) is 0 Å². The number of nitrogens with one attached hydrogen (secondary N) is 3. The average molecular weight is 472 g/mol. The molecule has 5 heterocycles. The number of benzene rings is 1. The molecule has 0 saturated heterocycles. The molecule has 1 aliphatic carbocycles. The predicted octanol–water partition coefficient (Wildman–Crippen LogP) is 6.57. The molecule has 35 heavy (non-hydrogen) atoms. The van der Waals surface area contributed by atoms with E-state index in [0.29, 0.717) is 5.92 Å². The van der Waals surface area contributed by atoms with Gasteiger partial charge in [-0.1, -0.05) is 0 Å². The summed E-state index contributed by atoms with van der Waals surface area (Å²) in [6.07, 6.45) is 9.98. The molecule has 0 amide bonds. The van der Waals surface area contributed by atoms with E-state index in [9.17, 15) is 0 Å². The summed E-state index contributed by atoms with van der Waals surface area (Å²) in [6.45, 7) is 6.34. The van der Waals surface area contributed by atoms with Gasteiger partial charge in [-0.05, 0) is 0 Å². The molecule has 1 aliphatic rings. The number of anilines is 1. The van der Waals surface area contributed by atoms with Gasteiger partial charge in [0.2, 0.25) is 0 Å². The predicted molar refractivity (Wildman–Crippen MR) is 145 cm³/mol. The first kappa shape index (κ1) is 20.3. The zero-order valence-corrected chi connectivity index (χ0v) is 19.7. The molecular formula is C27H21BN6S. The van der Waals surface area contributed by atoms with Gasteiger partial charge in [-0.3, -0.25) is 0 Å². The van der Waals surface area contributed by atoms with Crippen LogP contribution in [-0.4, -0.2) is 32.1 Å². The Hall–Kier alpha value is -4.04. The number of H-pyrrole nitrogens is 2. The van der Waals surface area contributed by atoms with Crippen LogP contribution in [0, 0.1) is 5.92 Å². The van der Waals surface area contributed by atoms with Crippen molar-refractivity contribution in [2.24, 2.45) is 5.92 Å². The van der Waals surface area contributed by atoms with E-state index in [0.717, 1.165) is 61.1 Å². The molecular weight excluding hydrogens is 451 g/mol. The van der Waals surface area contributed by atoms with Crippen LogP contribution in [-0.2, 0) is 0 Å². The molecule has 168 valence electrons. The van der Waals surface area contributed by atoms with Crippen LogP contribution in [0.1, 0.15) is 12.8 Å². The normalized spacial score (nSPS) is 13.4. The van der Waals surface area contributed by atoms with Crippen LogP contribution in [0.3, 0.4) is 0 Å². The number of pyridine rings is 2. The number of thiophene rings is 1. The van der Waals surface area contributed by atoms with Gasteiger partial charge in [0.25, 0.3) is 0 Å². The van der Waals surface area contributed by atoms with Gasteiger partial charge < -0.3 is 0 Å². The molecule has 0 unspecified atom stereocenters. The van der Waals surface area contributed by atoms with E-state index in [1.165, 1.54) is 18.4 Å². The molecule has 1 aromatic carbocycles. The van der Waals surface area contributed by atoms with Crippen LogP contribution in [0.2, 0.25) is 0 Å². The van der Waals surface area contributed by atoms with Gasteiger partial charge in [-0.15, -0.1) is 0 Å². The minimum atomic E-state index is 0.593.